The first-order chi connectivity index (χ1) is 23.2. The largest absolute Gasteiger partial charge is 0.481 e. The molecule has 23 nitrogen and oxygen atoms in total. The van der Waals surface area contributed by atoms with Gasteiger partial charge in [-0.2, -0.15) is 4.31 Å². The van der Waals surface area contributed by atoms with Crippen molar-refractivity contribution in [3.63, 3.8) is 0 Å². The number of phosphoric acid groups is 3. The number of fused-ring (bicyclic) bond motifs is 1. The van der Waals surface area contributed by atoms with E-state index in [-0.39, 0.29) is 35.9 Å². The lowest BCUT2D eigenvalue weighted by Crippen LogP contribution is -2.46. The van der Waals surface area contributed by atoms with Crippen molar-refractivity contribution in [2.45, 2.75) is 77.1 Å². The van der Waals surface area contributed by atoms with Crippen LogP contribution in [0.15, 0.2) is 12.7 Å². The molecular formula is C24H42N7O16P3. The summed E-state index contributed by atoms with van der Waals surface area (Å²) >= 11 is 0. The molecule has 0 bridgehead atoms. The van der Waals surface area contributed by atoms with Crippen LogP contribution in [0.3, 0.4) is 0 Å². The van der Waals surface area contributed by atoms with Crippen LogP contribution in [-0.4, -0.2) is 112 Å². The van der Waals surface area contributed by atoms with Crippen LogP contribution in [0.2, 0.25) is 0 Å². The molecule has 10 N–H and O–H groups in total. The van der Waals surface area contributed by atoms with E-state index in [2.05, 4.69) is 34.4 Å². The zero-order valence-corrected chi connectivity index (χ0v) is 29.9. The van der Waals surface area contributed by atoms with Gasteiger partial charge in [0.2, 0.25) is 11.8 Å². The van der Waals surface area contributed by atoms with Crippen molar-refractivity contribution in [1.82, 2.24) is 30.2 Å². The number of nitrogen functional groups attached to an aromatic ring is 1. The van der Waals surface area contributed by atoms with Crippen LogP contribution in [0.5, 0.6) is 0 Å². The maximum absolute atomic E-state index is 12.6. The van der Waals surface area contributed by atoms with E-state index in [0.29, 0.717) is 6.54 Å². The van der Waals surface area contributed by atoms with E-state index in [0.717, 1.165) is 36.5 Å². The third-order valence-electron chi connectivity index (χ3n) is 7.18. The minimum absolute atomic E-state index is 0.0337. The molecule has 2 aromatic heterocycles. The first-order valence-corrected chi connectivity index (χ1v) is 19.6. The second-order valence-corrected chi connectivity index (χ2v) is 16.0. The van der Waals surface area contributed by atoms with Gasteiger partial charge in [0.25, 0.3) is 0 Å². The highest BCUT2D eigenvalue weighted by atomic mass is 31.3. The summed E-state index contributed by atoms with van der Waals surface area (Å²) in [5.41, 5.74) is 4.32. The number of phosphoric ester groups is 3. The lowest BCUT2D eigenvalue weighted by molar-refractivity contribution is -0.137. The van der Waals surface area contributed by atoms with Crippen molar-refractivity contribution in [2.24, 2.45) is 5.41 Å². The fourth-order valence-corrected chi connectivity index (χ4v) is 7.37. The number of aromatic nitrogens is 4. The third-order valence-corrected chi connectivity index (χ3v) is 10.3. The van der Waals surface area contributed by atoms with Crippen LogP contribution in [0, 0.1) is 5.41 Å². The summed E-state index contributed by atoms with van der Waals surface area (Å²) in [6.45, 7) is 2.98. The number of nitrogens with one attached hydrogen (secondary N) is 2. The molecule has 0 radical (unpaired) electrons. The van der Waals surface area contributed by atoms with Gasteiger partial charge < -0.3 is 50.9 Å². The number of aliphatic hydroxyl groups excluding tert-OH is 2. The van der Waals surface area contributed by atoms with Gasteiger partial charge in [-0.3, -0.25) is 27.7 Å². The highest BCUT2D eigenvalue weighted by Crippen LogP contribution is 2.61. The number of ether oxygens (including phenoxy) is 1. The molecule has 0 saturated carbocycles. The van der Waals surface area contributed by atoms with Crippen molar-refractivity contribution < 1.29 is 75.7 Å². The molecule has 3 heterocycles. The Morgan fingerprint density at radius 1 is 1.06 bits per heavy atom. The number of amides is 2. The Labute approximate surface area is 285 Å². The fraction of sp³-hybridized carbons (Fsp3) is 0.708. The average Bonchev–Trinajstić information content (AvgIpc) is 3.57. The fourth-order valence-electron chi connectivity index (χ4n) is 4.54. The number of nitrogens with two attached hydrogens (primary N) is 1. The molecule has 1 aliphatic heterocycles. The lowest BCUT2D eigenvalue weighted by Gasteiger charge is -2.30. The van der Waals surface area contributed by atoms with Gasteiger partial charge in [0, 0.05) is 24.9 Å². The minimum Gasteiger partial charge on any atom is -0.386 e. The molecule has 0 aromatic carbocycles. The maximum Gasteiger partial charge on any atom is 0.481 e. The SMILES string of the molecule is CCCCCNC(=O)CCNC(=O)[C@H](O)C(C)(C)COP(=O)(O)OP(=O)(O)OC[C@H]1O[C@@H](n2cnc3c(N)ncnc32)[C@H](O)[C@@H]1OP(=O)(O)O. The second-order valence-electron chi connectivity index (χ2n) is 11.8. The van der Waals surface area contributed by atoms with Crippen LogP contribution < -0.4 is 16.4 Å². The van der Waals surface area contributed by atoms with Crippen molar-refractivity contribution in [1.29, 1.82) is 0 Å². The molecule has 2 aromatic rings. The predicted molar refractivity (Wildman–Crippen MR) is 169 cm³/mol. The molecule has 1 saturated heterocycles. The Hall–Kier alpha value is -2.46. The normalized spacial score (nSPS) is 22.9. The number of aliphatic hydroxyl groups is 2. The van der Waals surface area contributed by atoms with Gasteiger partial charge in [0.05, 0.1) is 19.5 Å². The van der Waals surface area contributed by atoms with Gasteiger partial charge in [-0.15, -0.1) is 0 Å². The van der Waals surface area contributed by atoms with E-state index < -0.39 is 78.6 Å². The number of anilines is 1. The molecule has 1 fully saturated rings. The first-order valence-electron chi connectivity index (χ1n) is 15.1. The van der Waals surface area contributed by atoms with Gasteiger partial charge in [0.15, 0.2) is 17.7 Å². The molecule has 0 spiro atoms. The molecule has 3 rings (SSSR count). The summed E-state index contributed by atoms with van der Waals surface area (Å²) in [5.74, 6) is -1.26. The molecule has 26 heteroatoms. The van der Waals surface area contributed by atoms with Crippen LogP contribution in [0.4, 0.5) is 5.82 Å². The van der Waals surface area contributed by atoms with Crippen LogP contribution in [-0.2, 0) is 45.9 Å². The average molecular weight is 778 g/mol. The smallest absolute Gasteiger partial charge is 0.386 e. The van der Waals surface area contributed by atoms with Crippen molar-refractivity contribution in [3.05, 3.63) is 12.7 Å². The van der Waals surface area contributed by atoms with Crippen LogP contribution in [0.1, 0.15) is 52.7 Å². The van der Waals surface area contributed by atoms with E-state index in [1.807, 2.05) is 6.92 Å². The summed E-state index contributed by atoms with van der Waals surface area (Å²) in [4.78, 5) is 75.1. The second kappa shape index (κ2) is 17.4. The number of hydrogen-bond donors (Lipinski definition) is 9. The Balaban J connectivity index is 1.57. The van der Waals surface area contributed by atoms with Crippen molar-refractivity contribution in [2.75, 3.05) is 32.0 Å². The summed E-state index contributed by atoms with van der Waals surface area (Å²) < 4.78 is 61.9. The molecule has 7 atom stereocenters. The first kappa shape index (κ1) is 42.0. The number of imidazole rings is 1. The minimum atomic E-state index is -5.54. The summed E-state index contributed by atoms with van der Waals surface area (Å²) in [5, 5.41) is 26.4. The Morgan fingerprint density at radius 2 is 1.74 bits per heavy atom. The number of unbranched alkanes of at least 4 members (excludes halogenated alkanes) is 2. The number of nitrogens with zero attached hydrogens (tertiary/aromatic N) is 4. The highest BCUT2D eigenvalue weighted by molar-refractivity contribution is 7.61. The van der Waals surface area contributed by atoms with E-state index in [1.165, 1.54) is 13.8 Å². The number of carbonyl (C=O) groups excluding carboxylic acids is 2. The highest BCUT2D eigenvalue weighted by Gasteiger charge is 2.50. The number of rotatable bonds is 20. The van der Waals surface area contributed by atoms with Gasteiger partial charge in [-0.05, 0) is 6.42 Å². The topological polar surface area (TPSA) is 347 Å². The third kappa shape index (κ3) is 12.1. The summed E-state index contributed by atoms with van der Waals surface area (Å²) in [6, 6.07) is 0. The predicted octanol–water partition coefficient (Wildman–Crippen LogP) is -0.405. The van der Waals surface area contributed by atoms with E-state index in [4.69, 9.17) is 19.5 Å². The summed E-state index contributed by atoms with van der Waals surface area (Å²) in [7, 11) is -16.3. The Bertz CT molecular complexity index is 1620. The van der Waals surface area contributed by atoms with Crippen molar-refractivity contribution >= 4 is 52.3 Å². The van der Waals surface area contributed by atoms with Gasteiger partial charge in [-0.1, -0.05) is 33.6 Å². The molecule has 284 valence electrons. The molecule has 2 unspecified atom stereocenters. The molecular weight excluding hydrogens is 735 g/mol. The van der Waals surface area contributed by atoms with E-state index in [1.54, 1.807) is 0 Å². The van der Waals surface area contributed by atoms with E-state index >= 15 is 0 Å². The van der Waals surface area contributed by atoms with Crippen molar-refractivity contribution in [3.8, 4) is 0 Å². The lowest BCUT2D eigenvalue weighted by atomic mass is 9.87. The standard InChI is InChI=1S/C24H42N7O16P3/c1-4-5-6-8-26-15(32)7-9-27-22(35)19(34)24(2,3)11-44-50(41,42)47-49(39,40)43-10-14-18(46-48(36,37)38)17(33)23(45-14)31-13-30-16-20(25)28-12-29-21(16)31/h12-14,17-19,23,33-34H,4-11H2,1-3H3,(H,26,32)(H,27,35)(H,39,40)(H,41,42)(H2,25,28,29)(H2,36,37,38)/t14-,17-,18-,19+,23-/m1/s1. The van der Waals surface area contributed by atoms with Gasteiger partial charge >= 0.3 is 23.5 Å². The number of hydrogen-bond acceptors (Lipinski definition) is 16. The molecule has 2 amide bonds. The molecule has 50 heavy (non-hydrogen) atoms. The Kier molecular flexibility index (Phi) is 14.6. The van der Waals surface area contributed by atoms with E-state index in [9.17, 15) is 53.1 Å². The van der Waals surface area contributed by atoms with Crippen LogP contribution in [0.25, 0.3) is 11.2 Å². The zero-order valence-electron chi connectivity index (χ0n) is 27.2. The molecule has 1 aliphatic rings. The summed E-state index contributed by atoms with van der Waals surface area (Å²) in [6.07, 6.45) is -3.93. The van der Waals surface area contributed by atoms with Gasteiger partial charge in [0.1, 0.15) is 36.3 Å². The maximum atomic E-state index is 12.6. The number of carbonyl (C=O) groups is 2. The Morgan fingerprint density at radius 3 is 2.40 bits per heavy atom. The van der Waals surface area contributed by atoms with Crippen LogP contribution >= 0.6 is 23.5 Å². The monoisotopic (exact) mass is 777 g/mol. The molecule has 0 aliphatic carbocycles. The zero-order chi connectivity index (χ0) is 37.5. The van der Waals surface area contributed by atoms with Gasteiger partial charge in [-0.25, -0.2) is 28.6 Å². The quantitative estimate of drug-likeness (QED) is 0.0609.